The standard InChI is InChI=1S/C16H19FN2S/c1-16(2,3)19-11-12-4-5-15(14(17)10-12)20-13-6-8-18-9-7-13/h4-10,19H,11H2,1-3H3. The Morgan fingerprint density at radius 3 is 2.45 bits per heavy atom. The van der Waals surface area contributed by atoms with Crippen LogP contribution in [0.2, 0.25) is 0 Å². The number of pyridine rings is 1. The third kappa shape index (κ3) is 4.62. The maximum atomic E-state index is 14.1. The molecule has 20 heavy (non-hydrogen) atoms. The molecule has 4 heteroatoms. The third-order valence-electron chi connectivity index (χ3n) is 2.70. The normalized spacial score (nSPS) is 11.6. The number of halogens is 1. The van der Waals surface area contributed by atoms with Crippen molar-refractivity contribution in [3.8, 4) is 0 Å². The Kier molecular flexibility index (Phi) is 4.78. The lowest BCUT2D eigenvalue weighted by Crippen LogP contribution is -2.35. The molecule has 1 aromatic heterocycles. The van der Waals surface area contributed by atoms with Gasteiger partial charge in [0.25, 0.3) is 0 Å². The van der Waals surface area contributed by atoms with Crippen LogP contribution in [0.25, 0.3) is 0 Å². The van der Waals surface area contributed by atoms with Crippen molar-refractivity contribution >= 4 is 11.8 Å². The van der Waals surface area contributed by atoms with Crippen molar-refractivity contribution in [1.82, 2.24) is 10.3 Å². The average Bonchev–Trinajstić information content (AvgIpc) is 2.40. The smallest absolute Gasteiger partial charge is 0.137 e. The minimum atomic E-state index is -0.181. The highest BCUT2D eigenvalue weighted by molar-refractivity contribution is 7.99. The van der Waals surface area contributed by atoms with Gasteiger partial charge in [-0.05, 0) is 50.6 Å². The zero-order valence-corrected chi connectivity index (χ0v) is 12.8. The van der Waals surface area contributed by atoms with Crippen molar-refractivity contribution in [2.45, 2.75) is 42.6 Å². The van der Waals surface area contributed by atoms with E-state index in [1.165, 1.54) is 11.8 Å². The van der Waals surface area contributed by atoms with Crippen LogP contribution in [0.15, 0.2) is 52.5 Å². The minimum Gasteiger partial charge on any atom is -0.308 e. The van der Waals surface area contributed by atoms with Crippen LogP contribution in [0.4, 0.5) is 4.39 Å². The number of nitrogens with zero attached hydrogens (tertiary/aromatic N) is 1. The van der Waals surface area contributed by atoms with Gasteiger partial charge < -0.3 is 5.32 Å². The maximum absolute atomic E-state index is 14.1. The molecule has 1 N–H and O–H groups in total. The summed E-state index contributed by atoms with van der Waals surface area (Å²) >= 11 is 1.41. The molecule has 0 fully saturated rings. The molecule has 0 spiro atoms. The van der Waals surface area contributed by atoms with Crippen molar-refractivity contribution in [3.05, 3.63) is 54.1 Å². The number of rotatable bonds is 4. The molecule has 0 aliphatic heterocycles. The Morgan fingerprint density at radius 1 is 1.15 bits per heavy atom. The summed E-state index contributed by atoms with van der Waals surface area (Å²) in [7, 11) is 0. The molecular formula is C16H19FN2S. The zero-order valence-electron chi connectivity index (χ0n) is 12.0. The zero-order chi connectivity index (χ0) is 14.6. The second-order valence-electron chi connectivity index (χ2n) is 5.65. The van der Waals surface area contributed by atoms with Crippen LogP contribution in [0.3, 0.4) is 0 Å². The van der Waals surface area contributed by atoms with E-state index in [9.17, 15) is 4.39 Å². The van der Waals surface area contributed by atoms with Crippen LogP contribution >= 0.6 is 11.8 Å². The van der Waals surface area contributed by atoms with Crippen LogP contribution in [0.5, 0.6) is 0 Å². The van der Waals surface area contributed by atoms with Gasteiger partial charge >= 0.3 is 0 Å². The number of hydrogen-bond donors (Lipinski definition) is 1. The van der Waals surface area contributed by atoms with Gasteiger partial charge in [0, 0.05) is 34.3 Å². The molecule has 2 nitrogen and oxygen atoms in total. The van der Waals surface area contributed by atoms with Crippen molar-refractivity contribution in [2.75, 3.05) is 0 Å². The molecule has 0 aliphatic rings. The highest BCUT2D eigenvalue weighted by Crippen LogP contribution is 2.29. The molecule has 106 valence electrons. The van der Waals surface area contributed by atoms with Crippen LogP contribution in [0, 0.1) is 5.82 Å². The van der Waals surface area contributed by atoms with E-state index in [2.05, 4.69) is 31.1 Å². The predicted molar refractivity (Wildman–Crippen MR) is 81.4 cm³/mol. The van der Waals surface area contributed by atoms with Gasteiger partial charge in [0.05, 0.1) is 0 Å². The van der Waals surface area contributed by atoms with Crippen molar-refractivity contribution < 1.29 is 4.39 Å². The van der Waals surface area contributed by atoms with E-state index in [-0.39, 0.29) is 11.4 Å². The van der Waals surface area contributed by atoms with E-state index in [0.29, 0.717) is 11.4 Å². The SMILES string of the molecule is CC(C)(C)NCc1ccc(Sc2ccncc2)c(F)c1. The molecule has 1 heterocycles. The van der Waals surface area contributed by atoms with E-state index in [1.54, 1.807) is 18.5 Å². The van der Waals surface area contributed by atoms with Crippen LogP contribution < -0.4 is 5.32 Å². The lowest BCUT2D eigenvalue weighted by molar-refractivity contribution is 0.423. The molecule has 2 aromatic rings. The molecule has 0 saturated carbocycles. The number of hydrogen-bond acceptors (Lipinski definition) is 3. The first-order valence-electron chi connectivity index (χ1n) is 6.55. The summed E-state index contributed by atoms with van der Waals surface area (Å²) in [6.45, 7) is 6.95. The third-order valence-corrected chi connectivity index (χ3v) is 3.76. The highest BCUT2D eigenvalue weighted by atomic mass is 32.2. The van der Waals surface area contributed by atoms with Gasteiger partial charge in [-0.15, -0.1) is 0 Å². The Labute approximate surface area is 123 Å². The summed E-state index contributed by atoms with van der Waals surface area (Å²) in [6, 6.07) is 9.14. The fourth-order valence-corrected chi connectivity index (χ4v) is 2.44. The molecule has 0 radical (unpaired) electrons. The van der Waals surface area contributed by atoms with Crippen LogP contribution in [0.1, 0.15) is 26.3 Å². The average molecular weight is 290 g/mol. The molecule has 1 aromatic carbocycles. The van der Waals surface area contributed by atoms with Crippen molar-refractivity contribution in [3.63, 3.8) is 0 Å². The molecule has 0 aliphatic carbocycles. The Morgan fingerprint density at radius 2 is 1.85 bits per heavy atom. The lowest BCUT2D eigenvalue weighted by Gasteiger charge is -2.20. The fourth-order valence-electron chi connectivity index (χ4n) is 1.64. The second kappa shape index (κ2) is 6.37. The van der Waals surface area contributed by atoms with Crippen LogP contribution in [-0.2, 0) is 6.54 Å². The summed E-state index contributed by atoms with van der Waals surface area (Å²) in [4.78, 5) is 5.58. The summed E-state index contributed by atoms with van der Waals surface area (Å²) in [5.41, 5.74) is 0.984. The first kappa shape index (κ1) is 15.0. The molecule has 0 atom stereocenters. The monoisotopic (exact) mass is 290 g/mol. The molecule has 0 saturated heterocycles. The van der Waals surface area contributed by atoms with Crippen molar-refractivity contribution in [1.29, 1.82) is 0 Å². The maximum Gasteiger partial charge on any atom is 0.137 e. The van der Waals surface area contributed by atoms with E-state index in [4.69, 9.17) is 0 Å². The lowest BCUT2D eigenvalue weighted by atomic mass is 10.1. The van der Waals surface area contributed by atoms with E-state index in [1.807, 2.05) is 24.3 Å². The van der Waals surface area contributed by atoms with Gasteiger partial charge in [0.2, 0.25) is 0 Å². The molecule has 0 unspecified atom stereocenters. The number of nitrogens with one attached hydrogen (secondary N) is 1. The van der Waals surface area contributed by atoms with Crippen molar-refractivity contribution in [2.24, 2.45) is 0 Å². The fraction of sp³-hybridized carbons (Fsp3) is 0.312. The Hall–Kier alpha value is -1.39. The summed E-state index contributed by atoms with van der Waals surface area (Å²) in [5, 5.41) is 3.35. The first-order chi connectivity index (χ1) is 9.44. The van der Waals surface area contributed by atoms with E-state index >= 15 is 0 Å². The quantitative estimate of drug-likeness (QED) is 0.910. The van der Waals surface area contributed by atoms with Gasteiger partial charge in [-0.1, -0.05) is 17.8 Å². The molecule has 0 bridgehead atoms. The predicted octanol–water partition coefficient (Wildman–Crippen LogP) is 4.26. The Bertz CT molecular complexity index is 564. The molecular weight excluding hydrogens is 271 g/mol. The van der Waals surface area contributed by atoms with Gasteiger partial charge in [-0.2, -0.15) is 0 Å². The van der Waals surface area contributed by atoms with Gasteiger partial charge in [0.15, 0.2) is 0 Å². The van der Waals surface area contributed by atoms with Gasteiger partial charge in [-0.25, -0.2) is 4.39 Å². The topological polar surface area (TPSA) is 24.9 Å². The van der Waals surface area contributed by atoms with Crippen LogP contribution in [-0.4, -0.2) is 10.5 Å². The summed E-state index contributed by atoms with van der Waals surface area (Å²) < 4.78 is 14.1. The highest BCUT2D eigenvalue weighted by Gasteiger charge is 2.10. The summed E-state index contributed by atoms with van der Waals surface area (Å²) in [6.07, 6.45) is 3.42. The molecule has 2 rings (SSSR count). The minimum absolute atomic E-state index is 0.0287. The largest absolute Gasteiger partial charge is 0.308 e. The number of aromatic nitrogens is 1. The number of benzene rings is 1. The molecule has 0 amide bonds. The second-order valence-corrected chi connectivity index (χ2v) is 6.77. The Balaban J connectivity index is 2.06. The van der Waals surface area contributed by atoms with E-state index in [0.717, 1.165) is 10.5 Å². The van der Waals surface area contributed by atoms with Gasteiger partial charge in [-0.3, -0.25) is 4.98 Å². The van der Waals surface area contributed by atoms with Gasteiger partial charge in [0.1, 0.15) is 5.82 Å². The first-order valence-corrected chi connectivity index (χ1v) is 7.37. The van der Waals surface area contributed by atoms with E-state index < -0.39 is 0 Å². The summed E-state index contributed by atoms with van der Waals surface area (Å²) in [5.74, 6) is -0.181.